The molecule has 20 heavy (non-hydrogen) atoms. The van der Waals surface area contributed by atoms with E-state index in [0.29, 0.717) is 17.1 Å². The molecule has 0 saturated carbocycles. The van der Waals surface area contributed by atoms with Crippen LogP contribution in [-0.2, 0) is 0 Å². The van der Waals surface area contributed by atoms with Crippen LogP contribution in [0, 0.1) is 0 Å². The second-order valence-electron chi connectivity index (χ2n) is 4.73. The minimum Gasteiger partial charge on any atom is -0.367 e. The van der Waals surface area contributed by atoms with Crippen LogP contribution in [0.25, 0.3) is 0 Å². The predicted octanol–water partition coefficient (Wildman–Crippen LogP) is 2.50. The van der Waals surface area contributed by atoms with E-state index in [4.69, 9.17) is 11.6 Å². The number of nitrogens with one attached hydrogen (secondary N) is 2. The van der Waals surface area contributed by atoms with Crippen molar-refractivity contribution in [3.8, 4) is 0 Å². The molecule has 5 nitrogen and oxygen atoms in total. The van der Waals surface area contributed by atoms with E-state index < -0.39 is 0 Å². The lowest BCUT2D eigenvalue weighted by molar-refractivity contribution is 0.579. The van der Waals surface area contributed by atoms with E-state index in [1.807, 2.05) is 6.26 Å². The largest absolute Gasteiger partial charge is 0.367 e. The molecule has 0 radical (unpaired) electrons. The Kier molecular flexibility index (Phi) is 7.15. The molecule has 0 spiro atoms. The molecule has 114 valence electrons. The van der Waals surface area contributed by atoms with Crippen LogP contribution < -0.4 is 15.5 Å². The first kappa shape index (κ1) is 17.6. The highest BCUT2D eigenvalue weighted by Gasteiger charge is 2.18. The molecule has 1 aromatic heterocycles. The highest BCUT2D eigenvalue weighted by Crippen LogP contribution is 2.32. The standard InChI is InChI=1S/C12H20ClN5S.ClH/c1-8(2)15-11-9(19-3)10(13)16-12(17-11)18-6-4-14-5-7-18;/h8,14H,4-7H2,1-3H3,(H,15,16,17);1H. The molecule has 0 unspecified atom stereocenters. The predicted molar refractivity (Wildman–Crippen MR) is 89.9 cm³/mol. The molecule has 1 fully saturated rings. The van der Waals surface area contributed by atoms with Gasteiger partial charge in [0.2, 0.25) is 5.95 Å². The van der Waals surface area contributed by atoms with Crippen molar-refractivity contribution in [1.29, 1.82) is 0 Å². The minimum atomic E-state index is 0. The van der Waals surface area contributed by atoms with Crippen LogP contribution in [0.4, 0.5) is 11.8 Å². The number of halogens is 2. The van der Waals surface area contributed by atoms with Gasteiger partial charge in [0.15, 0.2) is 0 Å². The van der Waals surface area contributed by atoms with Gasteiger partial charge in [-0.3, -0.25) is 0 Å². The Morgan fingerprint density at radius 1 is 1.30 bits per heavy atom. The van der Waals surface area contributed by atoms with Gasteiger partial charge in [-0.05, 0) is 20.1 Å². The number of hydrogen-bond donors (Lipinski definition) is 2. The Bertz CT molecular complexity index is 438. The van der Waals surface area contributed by atoms with E-state index in [9.17, 15) is 0 Å². The molecule has 0 aromatic carbocycles. The molecule has 0 atom stereocenters. The van der Waals surface area contributed by atoms with Gasteiger partial charge in [-0.1, -0.05) is 11.6 Å². The first-order valence-electron chi connectivity index (χ1n) is 6.45. The monoisotopic (exact) mass is 337 g/mol. The molecule has 2 N–H and O–H groups in total. The molecule has 1 aliphatic heterocycles. The van der Waals surface area contributed by atoms with Gasteiger partial charge in [-0.2, -0.15) is 9.97 Å². The fourth-order valence-electron chi connectivity index (χ4n) is 1.97. The second kappa shape index (κ2) is 8.12. The summed E-state index contributed by atoms with van der Waals surface area (Å²) in [5, 5.41) is 7.19. The van der Waals surface area contributed by atoms with Crippen molar-refractivity contribution < 1.29 is 0 Å². The van der Waals surface area contributed by atoms with Crippen LogP contribution in [0.15, 0.2) is 4.90 Å². The number of nitrogens with zero attached hydrogens (tertiary/aromatic N) is 3. The Morgan fingerprint density at radius 3 is 2.50 bits per heavy atom. The topological polar surface area (TPSA) is 53.1 Å². The molecule has 0 bridgehead atoms. The molecular formula is C12H21Cl2N5S. The number of anilines is 2. The Morgan fingerprint density at radius 2 is 1.95 bits per heavy atom. The second-order valence-corrected chi connectivity index (χ2v) is 5.91. The Labute approximate surface area is 135 Å². The maximum Gasteiger partial charge on any atom is 0.228 e. The van der Waals surface area contributed by atoms with Crippen LogP contribution in [0.5, 0.6) is 0 Å². The third-order valence-electron chi connectivity index (χ3n) is 2.84. The van der Waals surface area contributed by atoms with Crippen molar-refractivity contribution in [2.24, 2.45) is 0 Å². The third kappa shape index (κ3) is 4.28. The summed E-state index contributed by atoms with van der Waals surface area (Å²) >= 11 is 7.85. The minimum absolute atomic E-state index is 0. The SMILES string of the molecule is CSc1c(Cl)nc(N2CCNCC2)nc1NC(C)C.Cl. The molecule has 1 aromatic rings. The van der Waals surface area contributed by atoms with Crippen LogP contribution in [0.1, 0.15) is 13.8 Å². The van der Waals surface area contributed by atoms with Gasteiger partial charge in [0, 0.05) is 32.2 Å². The van der Waals surface area contributed by atoms with Crippen molar-refractivity contribution in [1.82, 2.24) is 15.3 Å². The molecule has 1 aliphatic rings. The van der Waals surface area contributed by atoms with Gasteiger partial charge in [0.25, 0.3) is 0 Å². The number of piperazine rings is 1. The summed E-state index contributed by atoms with van der Waals surface area (Å²) in [6, 6.07) is 0.313. The van der Waals surface area contributed by atoms with E-state index in [2.05, 4.69) is 39.3 Å². The van der Waals surface area contributed by atoms with E-state index in [1.165, 1.54) is 0 Å². The van der Waals surface area contributed by atoms with Gasteiger partial charge in [0.05, 0.1) is 4.90 Å². The number of thioether (sulfide) groups is 1. The molecule has 1 saturated heterocycles. The van der Waals surface area contributed by atoms with Gasteiger partial charge in [0.1, 0.15) is 11.0 Å². The number of rotatable bonds is 4. The zero-order chi connectivity index (χ0) is 13.8. The Balaban J connectivity index is 0.00000200. The summed E-state index contributed by atoms with van der Waals surface area (Å²) in [6.07, 6.45) is 1.99. The zero-order valence-corrected chi connectivity index (χ0v) is 14.3. The molecule has 0 aliphatic carbocycles. The summed E-state index contributed by atoms with van der Waals surface area (Å²) in [5.74, 6) is 1.54. The van der Waals surface area contributed by atoms with Crippen molar-refractivity contribution in [3.05, 3.63) is 5.15 Å². The van der Waals surface area contributed by atoms with Crippen LogP contribution in [0.3, 0.4) is 0 Å². The lowest BCUT2D eigenvalue weighted by Gasteiger charge is -2.28. The maximum absolute atomic E-state index is 6.28. The third-order valence-corrected chi connectivity index (χ3v) is 4.02. The number of aromatic nitrogens is 2. The average Bonchev–Trinajstić information content (AvgIpc) is 2.38. The Hall–Kier alpha value is -0.430. The highest BCUT2D eigenvalue weighted by atomic mass is 35.5. The van der Waals surface area contributed by atoms with Gasteiger partial charge < -0.3 is 15.5 Å². The molecular weight excluding hydrogens is 317 g/mol. The van der Waals surface area contributed by atoms with E-state index in [-0.39, 0.29) is 12.4 Å². The lowest BCUT2D eigenvalue weighted by atomic mass is 10.4. The molecule has 2 rings (SSSR count). The first-order chi connectivity index (χ1) is 9.11. The first-order valence-corrected chi connectivity index (χ1v) is 8.06. The average molecular weight is 338 g/mol. The smallest absolute Gasteiger partial charge is 0.228 e. The van der Waals surface area contributed by atoms with Crippen molar-refractivity contribution in [3.63, 3.8) is 0 Å². The molecule has 8 heteroatoms. The summed E-state index contributed by atoms with van der Waals surface area (Å²) in [4.78, 5) is 12.1. The van der Waals surface area contributed by atoms with Gasteiger partial charge in [-0.25, -0.2) is 0 Å². The lowest BCUT2D eigenvalue weighted by Crippen LogP contribution is -2.44. The van der Waals surface area contributed by atoms with E-state index in [0.717, 1.165) is 36.9 Å². The maximum atomic E-state index is 6.28. The highest BCUT2D eigenvalue weighted by molar-refractivity contribution is 7.98. The molecule has 2 heterocycles. The van der Waals surface area contributed by atoms with Crippen molar-refractivity contribution in [2.45, 2.75) is 24.8 Å². The van der Waals surface area contributed by atoms with E-state index >= 15 is 0 Å². The van der Waals surface area contributed by atoms with E-state index in [1.54, 1.807) is 11.8 Å². The normalized spacial score (nSPS) is 15.2. The van der Waals surface area contributed by atoms with Crippen LogP contribution in [0.2, 0.25) is 5.15 Å². The quantitative estimate of drug-likeness (QED) is 0.650. The zero-order valence-electron chi connectivity index (χ0n) is 11.9. The van der Waals surface area contributed by atoms with Gasteiger partial charge >= 0.3 is 0 Å². The fraction of sp³-hybridized carbons (Fsp3) is 0.667. The summed E-state index contributed by atoms with van der Waals surface area (Å²) < 4.78 is 0. The van der Waals surface area contributed by atoms with Crippen LogP contribution in [-0.4, -0.2) is 48.4 Å². The summed E-state index contributed by atoms with van der Waals surface area (Å²) in [7, 11) is 0. The van der Waals surface area contributed by atoms with Crippen molar-refractivity contribution >= 4 is 47.5 Å². The molecule has 0 amide bonds. The summed E-state index contributed by atoms with van der Waals surface area (Å²) in [5.41, 5.74) is 0. The number of hydrogen-bond acceptors (Lipinski definition) is 6. The van der Waals surface area contributed by atoms with Crippen LogP contribution >= 0.6 is 35.8 Å². The van der Waals surface area contributed by atoms with Gasteiger partial charge in [-0.15, -0.1) is 24.2 Å². The van der Waals surface area contributed by atoms with Crippen molar-refractivity contribution in [2.75, 3.05) is 42.7 Å². The fourth-order valence-corrected chi connectivity index (χ4v) is 2.88. The summed E-state index contributed by atoms with van der Waals surface area (Å²) in [6.45, 7) is 7.91.